The number of hydrogen-bond acceptors (Lipinski definition) is 3. The molecule has 2 aromatic carbocycles. The van der Waals surface area contributed by atoms with Gasteiger partial charge in [0.15, 0.2) is 0 Å². The molecule has 0 saturated heterocycles. The maximum atomic E-state index is 4.60. The Kier molecular flexibility index (Phi) is 4.12. The van der Waals surface area contributed by atoms with Crippen molar-refractivity contribution in [3.8, 4) is 0 Å². The smallest absolute Gasteiger partial charge is 0.0872 e. The number of dihydropyridines is 1. The lowest BCUT2D eigenvalue weighted by atomic mass is 10.0. The number of aromatic nitrogens is 2. The normalized spacial score (nSPS) is 17.5. The van der Waals surface area contributed by atoms with Gasteiger partial charge in [0.2, 0.25) is 0 Å². The molecule has 3 nitrogen and oxygen atoms in total. The second kappa shape index (κ2) is 7.19. The maximum absolute atomic E-state index is 4.60. The minimum Gasteiger partial charge on any atom is -0.378 e. The molecule has 0 bridgehead atoms. The molecule has 1 unspecified atom stereocenters. The molecule has 1 aliphatic heterocycles. The summed E-state index contributed by atoms with van der Waals surface area (Å²) in [6.07, 6.45) is 15.4. The van der Waals surface area contributed by atoms with E-state index < -0.39 is 0 Å². The van der Waals surface area contributed by atoms with E-state index in [9.17, 15) is 0 Å². The Morgan fingerprint density at radius 3 is 2.82 bits per heavy atom. The van der Waals surface area contributed by atoms with Gasteiger partial charge in [-0.2, -0.15) is 0 Å². The minimum absolute atomic E-state index is 0.0885. The van der Waals surface area contributed by atoms with Gasteiger partial charge in [-0.3, -0.25) is 4.98 Å². The summed E-state index contributed by atoms with van der Waals surface area (Å²) in [6, 6.07) is 17.6. The standard InChI is InChI=1S/C29H23N3S/c1-18-7-6-16-30-28(18)23-14-12-19(17-31-23)32-24-10-4-2-9-22(24)27-25(32)15-13-21-20-8-3-5-11-26(20)33-29(21)27/h2-4,6-10,12-17,23,31H,5,11H2,1H3. The van der Waals surface area contributed by atoms with E-state index in [4.69, 9.17) is 0 Å². The van der Waals surface area contributed by atoms with Gasteiger partial charge >= 0.3 is 0 Å². The minimum atomic E-state index is 0.0885. The summed E-state index contributed by atoms with van der Waals surface area (Å²) in [5.41, 5.74) is 7.35. The third-order valence-corrected chi connectivity index (χ3v) is 8.20. The zero-order chi connectivity index (χ0) is 21.9. The Balaban J connectivity index is 1.42. The SMILES string of the molecule is Cc1cccnc1C1C=CC(n2c3ccccc3c3c4sc5c(c4ccc32)C=CCC5)=CN1. The number of allylic oxidation sites excluding steroid dienone is 3. The third kappa shape index (κ3) is 2.77. The largest absolute Gasteiger partial charge is 0.378 e. The summed E-state index contributed by atoms with van der Waals surface area (Å²) in [5.74, 6) is 0. The quantitative estimate of drug-likeness (QED) is 0.307. The van der Waals surface area contributed by atoms with Gasteiger partial charge in [-0.1, -0.05) is 48.6 Å². The predicted octanol–water partition coefficient (Wildman–Crippen LogP) is 7.37. The first kappa shape index (κ1) is 18.9. The fourth-order valence-electron chi connectivity index (χ4n) is 5.34. The summed E-state index contributed by atoms with van der Waals surface area (Å²) in [6.45, 7) is 2.12. The molecule has 2 aliphatic rings. The Morgan fingerprint density at radius 1 is 1.00 bits per heavy atom. The van der Waals surface area contributed by atoms with Gasteiger partial charge < -0.3 is 9.88 Å². The molecule has 4 heteroatoms. The molecular formula is C29H23N3S. The average Bonchev–Trinajstić information content (AvgIpc) is 3.40. The number of benzene rings is 2. The number of rotatable bonds is 2. The zero-order valence-electron chi connectivity index (χ0n) is 18.4. The average molecular weight is 446 g/mol. The lowest BCUT2D eigenvalue weighted by Crippen LogP contribution is -2.19. The third-order valence-electron chi connectivity index (χ3n) is 6.90. The molecule has 0 radical (unpaired) electrons. The number of para-hydroxylation sites is 1. The van der Waals surface area contributed by atoms with Crippen molar-refractivity contribution in [3.63, 3.8) is 0 Å². The van der Waals surface area contributed by atoms with Gasteiger partial charge in [0, 0.05) is 38.1 Å². The highest BCUT2D eigenvalue weighted by Crippen LogP contribution is 2.44. The van der Waals surface area contributed by atoms with Gasteiger partial charge in [0.25, 0.3) is 0 Å². The van der Waals surface area contributed by atoms with Gasteiger partial charge in [0.1, 0.15) is 0 Å². The molecule has 1 N–H and O–H groups in total. The van der Waals surface area contributed by atoms with E-state index in [1.54, 1.807) is 0 Å². The Labute approximate surface area is 196 Å². The van der Waals surface area contributed by atoms with Gasteiger partial charge in [-0.25, -0.2) is 0 Å². The van der Waals surface area contributed by atoms with Crippen molar-refractivity contribution < 1.29 is 0 Å². The summed E-state index contributed by atoms with van der Waals surface area (Å²) in [7, 11) is 0. The van der Waals surface area contributed by atoms with Crippen molar-refractivity contribution in [2.24, 2.45) is 0 Å². The molecule has 1 atom stereocenters. The van der Waals surface area contributed by atoms with Crippen LogP contribution in [0.15, 0.2) is 79.2 Å². The molecule has 7 rings (SSSR count). The van der Waals surface area contributed by atoms with Gasteiger partial charge in [-0.15, -0.1) is 11.3 Å². The Hall–Kier alpha value is -3.63. The van der Waals surface area contributed by atoms with E-state index in [0.717, 1.165) is 24.2 Å². The monoisotopic (exact) mass is 445 g/mol. The van der Waals surface area contributed by atoms with E-state index in [2.05, 4.69) is 94.8 Å². The second-order valence-electron chi connectivity index (χ2n) is 8.85. The van der Waals surface area contributed by atoms with E-state index in [1.165, 1.54) is 47.9 Å². The summed E-state index contributed by atoms with van der Waals surface area (Å²) < 4.78 is 3.80. The second-order valence-corrected chi connectivity index (χ2v) is 9.95. The molecule has 5 aromatic rings. The van der Waals surface area contributed by atoms with Crippen LogP contribution in [-0.2, 0) is 6.42 Å². The van der Waals surface area contributed by atoms with Gasteiger partial charge in [0.05, 0.1) is 28.5 Å². The lowest BCUT2D eigenvalue weighted by molar-refractivity contribution is 0.713. The Morgan fingerprint density at radius 2 is 1.94 bits per heavy atom. The maximum Gasteiger partial charge on any atom is 0.0872 e. The van der Waals surface area contributed by atoms with Crippen molar-refractivity contribution in [3.05, 3.63) is 101 Å². The summed E-state index contributed by atoms with van der Waals surface area (Å²) in [5, 5.41) is 7.66. The van der Waals surface area contributed by atoms with Crippen LogP contribution < -0.4 is 5.32 Å². The number of pyridine rings is 1. The lowest BCUT2D eigenvalue weighted by Gasteiger charge is -2.21. The molecule has 0 saturated carbocycles. The number of nitrogens with zero attached hydrogens (tertiary/aromatic N) is 2. The molecule has 0 spiro atoms. The van der Waals surface area contributed by atoms with Crippen molar-refractivity contribution in [1.29, 1.82) is 0 Å². The molecule has 1 aliphatic carbocycles. The van der Waals surface area contributed by atoms with Crippen LogP contribution >= 0.6 is 11.3 Å². The van der Waals surface area contributed by atoms with Crippen LogP contribution in [-0.4, -0.2) is 9.55 Å². The van der Waals surface area contributed by atoms with E-state index >= 15 is 0 Å². The highest BCUT2D eigenvalue weighted by molar-refractivity contribution is 7.20. The number of thiophene rings is 1. The van der Waals surface area contributed by atoms with Crippen molar-refractivity contribution >= 4 is 55.0 Å². The first-order valence-electron chi connectivity index (χ1n) is 11.5. The van der Waals surface area contributed by atoms with Crippen LogP contribution in [0.5, 0.6) is 0 Å². The van der Waals surface area contributed by atoms with Crippen molar-refractivity contribution in [1.82, 2.24) is 14.9 Å². The van der Waals surface area contributed by atoms with Gasteiger partial charge in [-0.05, 0) is 55.2 Å². The fourth-order valence-corrected chi connectivity index (χ4v) is 6.70. The molecule has 0 amide bonds. The van der Waals surface area contributed by atoms with E-state index in [-0.39, 0.29) is 6.04 Å². The first-order chi connectivity index (χ1) is 16.3. The topological polar surface area (TPSA) is 29.9 Å². The van der Waals surface area contributed by atoms with E-state index in [1.807, 2.05) is 23.6 Å². The van der Waals surface area contributed by atoms with E-state index in [0.29, 0.717) is 0 Å². The molecule has 3 aromatic heterocycles. The van der Waals surface area contributed by atoms with Crippen LogP contribution in [0.4, 0.5) is 0 Å². The molecule has 4 heterocycles. The van der Waals surface area contributed by atoms with Crippen LogP contribution in [0.3, 0.4) is 0 Å². The highest BCUT2D eigenvalue weighted by atomic mass is 32.1. The van der Waals surface area contributed by atoms with Crippen molar-refractivity contribution in [2.45, 2.75) is 25.8 Å². The van der Waals surface area contributed by atoms with Crippen LogP contribution in [0.25, 0.3) is 43.7 Å². The highest BCUT2D eigenvalue weighted by Gasteiger charge is 2.21. The first-order valence-corrected chi connectivity index (χ1v) is 12.3. The molecular weight excluding hydrogens is 422 g/mol. The Bertz CT molecular complexity index is 1660. The number of aryl methyl sites for hydroxylation is 2. The molecule has 160 valence electrons. The predicted molar refractivity (Wildman–Crippen MR) is 140 cm³/mol. The fraction of sp³-hybridized carbons (Fsp3) is 0.138. The zero-order valence-corrected chi connectivity index (χ0v) is 19.2. The summed E-state index contributed by atoms with van der Waals surface area (Å²) in [4.78, 5) is 6.12. The summed E-state index contributed by atoms with van der Waals surface area (Å²) >= 11 is 1.98. The molecule has 0 fully saturated rings. The molecule has 33 heavy (non-hydrogen) atoms. The number of fused-ring (bicyclic) bond motifs is 7. The van der Waals surface area contributed by atoms with Crippen LogP contribution in [0.2, 0.25) is 0 Å². The van der Waals surface area contributed by atoms with Crippen LogP contribution in [0.1, 0.15) is 34.2 Å². The number of hydrogen-bond donors (Lipinski definition) is 1. The number of nitrogens with one attached hydrogen (secondary N) is 1. The van der Waals surface area contributed by atoms with Crippen molar-refractivity contribution in [2.75, 3.05) is 0 Å². The van der Waals surface area contributed by atoms with Crippen LogP contribution in [0, 0.1) is 6.92 Å².